The number of nitrogens with two attached hydrogens (primary N) is 1. The zero-order valence-corrected chi connectivity index (χ0v) is 16.5. The highest BCUT2D eigenvalue weighted by Crippen LogP contribution is 2.32. The Morgan fingerprint density at radius 3 is 2.31 bits per heavy atom. The summed E-state index contributed by atoms with van der Waals surface area (Å²) in [7, 11) is 0. The van der Waals surface area contributed by atoms with Gasteiger partial charge in [0.15, 0.2) is 5.78 Å². The molecule has 0 spiro atoms. The Bertz CT molecular complexity index is 679. The molecule has 0 aliphatic carbocycles. The molecule has 5 nitrogen and oxygen atoms in total. The van der Waals surface area contributed by atoms with Gasteiger partial charge in [-0.15, -0.1) is 0 Å². The van der Waals surface area contributed by atoms with E-state index in [0.717, 1.165) is 0 Å². The number of aliphatic hydroxyl groups excluding tert-OH is 1. The molecule has 1 aliphatic rings. The second kappa shape index (κ2) is 8.27. The zero-order valence-electron chi connectivity index (χ0n) is 15.7. The second-order valence-electron chi connectivity index (χ2n) is 8.01. The van der Waals surface area contributed by atoms with Gasteiger partial charge < -0.3 is 15.7 Å². The number of piperidine rings is 1. The number of rotatable bonds is 5. The number of benzene rings is 1. The largest absolute Gasteiger partial charge is 0.393 e. The summed E-state index contributed by atoms with van der Waals surface area (Å²) in [6, 6.07) is 6.81. The first-order valence-electron chi connectivity index (χ1n) is 9.00. The number of Topliss-reactive ketones (excluding diaryl/α,β-unsaturated/α-hetero) is 1. The highest BCUT2D eigenvalue weighted by atomic mass is 32.1. The molecule has 6 heteroatoms. The SMILES string of the molecule is CC(C)(C)C1CC(O)CCN1C(=O)CCC(=O)c1ccc(C(N)=S)cc1. The van der Waals surface area contributed by atoms with Gasteiger partial charge in [0.2, 0.25) is 5.91 Å². The summed E-state index contributed by atoms with van der Waals surface area (Å²) in [5, 5.41) is 9.96. The quantitative estimate of drug-likeness (QED) is 0.610. The Kier molecular flexibility index (Phi) is 6.53. The van der Waals surface area contributed by atoms with Gasteiger partial charge in [-0.25, -0.2) is 0 Å². The number of hydrogen-bond donors (Lipinski definition) is 2. The van der Waals surface area contributed by atoms with Crippen molar-refractivity contribution in [2.24, 2.45) is 11.1 Å². The molecule has 0 radical (unpaired) electrons. The molecule has 1 saturated heterocycles. The number of ketones is 1. The lowest BCUT2D eigenvalue weighted by Crippen LogP contribution is -2.53. The van der Waals surface area contributed by atoms with Crippen LogP contribution in [0.2, 0.25) is 0 Å². The van der Waals surface area contributed by atoms with Gasteiger partial charge in [-0.2, -0.15) is 0 Å². The van der Waals surface area contributed by atoms with Crippen molar-refractivity contribution < 1.29 is 14.7 Å². The first-order valence-corrected chi connectivity index (χ1v) is 9.41. The molecule has 1 heterocycles. The Hall–Kier alpha value is -1.79. The van der Waals surface area contributed by atoms with Crippen LogP contribution in [0.5, 0.6) is 0 Å². The van der Waals surface area contributed by atoms with Crippen molar-refractivity contribution in [3.63, 3.8) is 0 Å². The van der Waals surface area contributed by atoms with Gasteiger partial charge in [0.25, 0.3) is 0 Å². The van der Waals surface area contributed by atoms with Crippen molar-refractivity contribution in [1.82, 2.24) is 4.90 Å². The minimum Gasteiger partial charge on any atom is -0.393 e. The molecule has 1 fully saturated rings. The monoisotopic (exact) mass is 376 g/mol. The molecule has 1 amide bonds. The van der Waals surface area contributed by atoms with E-state index in [1.807, 2.05) is 4.90 Å². The van der Waals surface area contributed by atoms with E-state index in [4.69, 9.17) is 18.0 Å². The van der Waals surface area contributed by atoms with Crippen LogP contribution >= 0.6 is 12.2 Å². The molecule has 3 N–H and O–H groups in total. The van der Waals surface area contributed by atoms with Gasteiger partial charge in [-0.3, -0.25) is 9.59 Å². The van der Waals surface area contributed by atoms with E-state index in [0.29, 0.717) is 35.5 Å². The predicted octanol–water partition coefficient (Wildman–Crippen LogP) is 2.68. The van der Waals surface area contributed by atoms with E-state index in [2.05, 4.69) is 20.8 Å². The van der Waals surface area contributed by atoms with Crippen LogP contribution in [-0.4, -0.2) is 45.4 Å². The molecule has 2 rings (SSSR count). The van der Waals surface area contributed by atoms with E-state index in [1.54, 1.807) is 24.3 Å². The number of amides is 1. The summed E-state index contributed by atoms with van der Waals surface area (Å²) >= 11 is 4.90. The zero-order chi connectivity index (χ0) is 19.5. The number of aliphatic hydroxyl groups is 1. The number of thiocarbonyl (C=S) groups is 1. The van der Waals surface area contributed by atoms with Gasteiger partial charge in [-0.05, 0) is 18.3 Å². The summed E-state index contributed by atoms with van der Waals surface area (Å²) < 4.78 is 0. The fourth-order valence-electron chi connectivity index (χ4n) is 3.40. The summed E-state index contributed by atoms with van der Waals surface area (Å²) in [6.07, 6.45) is 1.16. The summed E-state index contributed by atoms with van der Waals surface area (Å²) in [5.74, 6) is -0.0953. The molecule has 2 atom stereocenters. The smallest absolute Gasteiger partial charge is 0.223 e. The molecule has 1 aromatic carbocycles. The topological polar surface area (TPSA) is 83.6 Å². The molecule has 26 heavy (non-hydrogen) atoms. The molecule has 0 bridgehead atoms. The number of carbonyl (C=O) groups is 2. The van der Waals surface area contributed by atoms with Crippen LogP contribution in [0.25, 0.3) is 0 Å². The van der Waals surface area contributed by atoms with Crippen molar-refractivity contribution >= 4 is 28.9 Å². The van der Waals surface area contributed by atoms with Crippen LogP contribution in [0.3, 0.4) is 0 Å². The number of carbonyl (C=O) groups excluding carboxylic acids is 2. The first kappa shape index (κ1) is 20.5. The first-order chi connectivity index (χ1) is 12.1. The average Bonchev–Trinajstić information content (AvgIpc) is 2.58. The van der Waals surface area contributed by atoms with Crippen LogP contribution in [0.1, 0.15) is 62.4 Å². The minimum absolute atomic E-state index is 0.0151. The average molecular weight is 377 g/mol. The molecule has 2 unspecified atom stereocenters. The third kappa shape index (κ3) is 5.11. The van der Waals surface area contributed by atoms with Gasteiger partial charge in [0.05, 0.1) is 6.10 Å². The van der Waals surface area contributed by atoms with E-state index in [9.17, 15) is 14.7 Å². The van der Waals surface area contributed by atoms with Crippen molar-refractivity contribution in [3.8, 4) is 0 Å². The van der Waals surface area contributed by atoms with Crippen LogP contribution in [0.15, 0.2) is 24.3 Å². The lowest BCUT2D eigenvalue weighted by Gasteiger charge is -2.45. The van der Waals surface area contributed by atoms with Crippen molar-refractivity contribution in [2.75, 3.05) is 6.54 Å². The van der Waals surface area contributed by atoms with Gasteiger partial charge in [-0.1, -0.05) is 57.3 Å². The molecular formula is C20H28N2O3S. The van der Waals surface area contributed by atoms with Gasteiger partial charge in [0, 0.05) is 36.6 Å². The Balaban J connectivity index is 1.98. The predicted molar refractivity (Wildman–Crippen MR) is 106 cm³/mol. The lowest BCUT2D eigenvalue weighted by molar-refractivity contribution is -0.140. The molecule has 0 aromatic heterocycles. The number of nitrogens with zero attached hydrogens (tertiary/aromatic N) is 1. The molecular weight excluding hydrogens is 348 g/mol. The summed E-state index contributed by atoms with van der Waals surface area (Å²) in [4.78, 5) is 27.2. The normalized spacial score (nSPS) is 20.7. The molecule has 0 saturated carbocycles. The third-order valence-corrected chi connectivity index (χ3v) is 5.19. The van der Waals surface area contributed by atoms with Crippen molar-refractivity contribution in [3.05, 3.63) is 35.4 Å². The molecule has 142 valence electrons. The number of hydrogen-bond acceptors (Lipinski definition) is 4. The molecule has 1 aliphatic heterocycles. The minimum atomic E-state index is -0.364. The maximum atomic E-state index is 12.7. The fraction of sp³-hybridized carbons (Fsp3) is 0.550. The van der Waals surface area contributed by atoms with Crippen molar-refractivity contribution in [2.45, 2.75) is 58.6 Å². The van der Waals surface area contributed by atoms with E-state index in [1.165, 1.54) is 0 Å². The second-order valence-corrected chi connectivity index (χ2v) is 8.45. The van der Waals surface area contributed by atoms with E-state index < -0.39 is 0 Å². The third-order valence-electron chi connectivity index (χ3n) is 4.95. The lowest BCUT2D eigenvalue weighted by atomic mass is 9.79. The summed E-state index contributed by atoms with van der Waals surface area (Å²) in [5.41, 5.74) is 6.71. The fourth-order valence-corrected chi connectivity index (χ4v) is 3.53. The standard InChI is InChI=1S/C20H28N2O3S/c1-20(2,3)17-12-15(23)10-11-22(17)18(25)9-8-16(24)13-4-6-14(7-5-13)19(21)26/h4-7,15,17,23H,8-12H2,1-3H3,(H2,21,26). The van der Waals surface area contributed by atoms with Crippen LogP contribution < -0.4 is 5.73 Å². The highest BCUT2D eigenvalue weighted by molar-refractivity contribution is 7.80. The van der Waals surface area contributed by atoms with E-state index in [-0.39, 0.29) is 42.1 Å². The Morgan fingerprint density at radius 1 is 1.19 bits per heavy atom. The van der Waals surface area contributed by atoms with Crippen molar-refractivity contribution in [1.29, 1.82) is 0 Å². The van der Waals surface area contributed by atoms with Crippen LogP contribution in [0, 0.1) is 5.41 Å². The van der Waals surface area contributed by atoms with Crippen LogP contribution in [-0.2, 0) is 4.79 Å². The number of likely N-dealkylation sites (tertiary alicyclic amines) is 1. The Labute approximate surface area is 160 Å². The maximum Gasteiger partial charge on any atom is 0.223 e. The highest BCUT2D eigenvalue weighted by Gasteiger charge is 2.37. The Morgan fingerprint density at radius 2 is 1.77 bits per heavy atom. The molecule has 1 aromatic rings. The van der Waals surface area contributed by atoms with Gasteiger partial charge >= 0.3 is 0 Å². The van der Waals surface area contributed by atoms with Gasteiger partial charge in [0.1, 0.15) is 4.99 Å². The van der Waals surface area contributed by atoms with Crippen LogP contribution in [0.4, 0.5) is 0 Å². The summed E-state index contributed by atoms with van der Waals surface area (Å²) in [6.45, 7) is 6.76. The van der Waals surface area contributed by atoms with E-state index >= 15 is 0 Å². The maximum absolute atomic E-state index is 12.7.